The normalized spacial score (nSPS) is 19.3. The van der Waals surface area contributed by atoms with Crippen LogP contribution in [0, 0.1) is 0 Å². The largest absolute Gasteiger partial charge is 0.394 e. The van der Waals surface area contributed by atoms with Gasteiger partial charge >= 0.3 is 0 Å². The van der Waals surface area contributed by atoms with E-state index in [0.29, 0.717) is 25.0 Å². The average Bonchev–Trinajstić information content (AvgIpc) is 2.30. The van der Waals surface area contributed by atoms with Crippen molar-refractivity contribution in [1.29, 1.82) is 0 Å². The molecule has 1 aliphatic heterocycles. The zero-order valence-corrected chi connectivity index (χ0v) is 9.02. The lowest BCUT2D eigenvalue weighted by atomic mass is 9.91. The zero-order chi connectivity index (χ0) is 11.4. The fourth-order valence-electron chi connectivity index (χ4n) is 1.75. The van der Waals surface area contributed by atoms with Crippen LogP contribution in [-0.4, -0.2) is 40.4 Å². The van der Waals surface area contributed by atoms with E-state index in [1.165, 1.54) is 0 Å². The number of rotatable bonds is 3. The average molecular weight is 224 g/mol. The molecule has 16 heavy (non-hydrogen) atoms. The summed E-state index contributed by atoms with van der Waals surface area (Å²) in [6.45, 7) is 1.31. The molecule has 0 atom stereocenters. The van der Waals surface area contributed by atoms with Crippen LogP contribution in [-0.2, 0) is 4.74 Å². The number of nitrogen functional groups attached to an aromatic ring is 1. The van der Waals surface area contributed by atoms with E-state index in [1.807, 2.05) is 0 Å². The smallest absolute Gasteiger partial charge is 0.225 e. The van der Waals surface area contributed by atoms with Crippen molar-refractivity contribution < 1.29 is 9.84 Å². The van der Waals surface area contributed by atoms with Crippen molar-refractivity contribution in [2.24, 2.45) is 0 Å². The van der Waals surface area contributed by atoms with Crippen LogP contribution in [0.25, 0.3) is 0 Å². The van der Waals surface area contributed by atoms with E-state index in [0.717, 1.165) is 12.8 Å². The molecule has 0 bridgehead atoms. The van der Waals surface area contributed by atoms with Gasteiger partial charge < -0.3 is 20.9 Å². The fraction of sp³-hybridized carbons (Fsp3) is 0.600. The summed E-state index contributed by atoms with van der Waals surface area (Å²) < 4.78 is 5.27. The predicted molar refractivity (Wildman–Crippen MR) is 59.9 cm³/mol. The van der Waals surface area contributed by atoms with E-state index in [-0.39, 0.29) is 12.1 Å². The molecule has 2 rings (SSSR count). The van der Waals surface area contributed by atoms with Gasteiger partial charge in [0.1, 0.15) is 5.82 Å². The molecule has 1 saturated heterocycles. The molecular formula is C10H16N4O2. The Morgan fingerprint density at radius 2 is 2.25 bits per heavy atom. The number of ether oxygens (including phenoxy) is 1. The molecule has 0 unspecified atom stereocenters. The summed E-state index contributed by atoms with van der Waals surface area (Å²) in [6, 6.07) is 1.63. The molecule has 1 aliphatic rings. The molecular weight excluding hydrogens is 208 g/mol. The third-order valence-electron chi connectivity index (χ3n) is 2.81. The van der Waals surface area contributed by atoms with Crippen molar-refractivity contribution in [1.82, 2.24) is 9.97 Å². The summed E-state index contributed by atoms with van der Waals surface area (Å²) in [6.07, 6.45) is 3.07. The summed E-state index contributed by atoms with van der Waals surface area (Å²) in [7, 11) is 0. The van der Waals surface area contributed by atoms with Crippen LogP contribution >= 0.6 is 0 Å². The SMILES string of the molecule is Nc1ccnc(NC2(CO)CCOCC2)n1. The number of aliphatic hydroxyl groups excluding tert-OH is 1. The second kappa shape index (κ2) is 4.63. The summed E-state index contributed by atoms with van der Waals surface area (Å²) in [5.74, 6) is 0.869. The highest BCUT2D eigenvalue weighted by atomic mass is 16.5. The fourth-order valence-corrected chi connectivity index (χ4v) is 1.75. The number of aliphatic hydroxyl groups is 1. The molecule has 0 aliphatic carbocycles. The first-order valence-electron chi connectivity index (χ1n) is 5.29. The number of hydrogen-bond donors (Lipinski definition) is 3. The van der Waals surface area contributed by atoms with Crippen molar-refractivity contribution in [3.63, 3.8) is 0 Å². The van der Waals surface area contributed by atoms with Gasteiger partial charge in [-0.3, -0.25) is 0 Å². The minimum atomic E-state index is -0.383. The zero-order valence-electron chi connectivity index (χ0n) is 9.02. The van der Waals surface area contributed by atoms with Crippen molar-refractivity contribution in [2.75, 3.05) is 30.9 Å². The monoisotopic (exact) mass is 224 g/mol. The van der Waals surface area contributed by atoms with Crippen LogP contribution < -0.4 is 11.1 Å². The number of hydrogen-bond acceptors (Lipinski definition) is 6. The Bertz CT molecular complexity index is 352. The first-order chi connectivity index (χ1) is 7.74. The molecule has 0 spiro atoms. The summed E-state index contributed by atoms with van der Waals surface area (Å²) in [4.78, 5) is 8.14. The number of nitrogens with zero attached hydrogens (tertiary/aromatic N) is 2. The van der Waals surface area contributed by atoms with Crippen molar-refractivity contribution in [3.8, 4) is 0 Å². The first-order valence-corrected chi connectivity index (χ1v) is 5.29. The third-order valence-corrected chi connectivity index (χ3v) is 2.81. The highest BCUT2D eigenvalue weighted by Crippen LogP contribution is 2.24. The highest BCUT2D eigenvalue weighted by molar-refractivity contribution is 5.37. The third kappa shape index (κ3) is 2.40. The van der Waals surface area contributed by atoms with E-state index in [2.05, 4.69) is 15.3 Å². The van der Waals surface area contributed by atoms with Crippen LogP contribution in [0.1, 0.15) is 12.8 Å². The van der Waals surface area contributed by atoms with Gasteiger partial charge in [0.2, 0.25) is 5.95 Å². The summed E-state index contributed by atoms with van der Waals surface area (Å²) >= 11 is 0. The number of nitrogens with one attached hydrogen (secondary N) is 1. The van der Waals surface area contributed by atoms with Crippen molar-refractivity contribution >= 4 is 11.8 Å². The molecule has 0 amide bonds. The van der Waals surface area contributed by atoms with E-state index >= 15 is 0 Å². The van der Waals surface area contributed by atoms with Crippen LogP contribution in [0.3, 0.4) is 0 Å². The maximum Gasteiger partial charge on any atom is 0.225 e. The molecule has 1 aromatic rings. The van der Waals surface area contributed by atoms with Gasteiger partial charge in [0.25, 0.3) is 0 Å². The molecule has 2 heterocycles. The topological polar surface area (TPSA) is 93.3 Å². The molecule has 0 radical (unpaired) electrons. The molecule has 4 N–H and O–H groups in total. The van der Waals surface area contributed by atoms with Crippen LogP contribution in [0.2, 0.25) is 0 Å². The van der Waals surface area contributed by atoms with Crippen LogP contribution in [0.5, 0.6) is 0 Å². The van der Waals surface area contributed by atoms with E-state index < -0.39 is 0 Å². The van der Waals surface area contributed by atoms with Crippen molar-refractivity contribution in [3.05, 3.63) is 12.3 Å². The Balaban J connectivity index is 2.11. The van der Waals surface area contributed by atoms with Gasteiger partial charge in [0.05, 0.1) is 12.1 Å². The van der Waals surface area contributed by atoms with E-state index in [9.17, 15) is 5.11 Å². The second-order valence-electron chi connectivity index (χ2n) is 3.98. The Kier molecular flexibility index (Phi) is 3.21. The Morgan fingerprint density at radius 1 is 1.50 bits per heavy atom. The van der Waals surface area contributed by atoms with Gasteiger partial charge in [-0.15, -0.1) is 0 Å². The lowest BCUT2D eigenvalue weighted by Crippen LogP contribution is -2.47. The van der Waals surface area contributed by atoms with Gasteiger partial charge in [-0.2, -0.15) is 4.98 Å². The number of anilines is 2. The molecule has 1 aromatic heterocycles. The molecule has 88 valence electrons. The number of aromatic nitrogens is 2. The minimum absolute atomic E-state index is 0.0362. The lowest BCUT2D eigenvalue weighted by Gasteiger charge is -2.36. The summed E-state index contributed by atoms with van der Waals surface area (Å²) in [5, 5.41) is 12.6. The van der Waals surface area contributed by atoms with Gasteiger partial charge in [-0.05, 0) is 18.9 Å². The Labute approximate surface area is 93.9 Å². The first kappa shape index (κ1) is 11.1. The van der Waals surface area contributed by atoms with E-state index in [4.69, 9.17) is 10.5 Å². The van der Waals surface area contributed by atoms with Gasteiger partial charge in [0, 0.05) is 19.4 Å². The minimum Gasteiger partial charge on any atom is -0.394 e. The standard InChI is InChI=1S/C10H16N4O2/c11-8-1-4-12-9(13-8)14-10(7-15)2-5-16-6-3-10/h1,4,15H,2-3,5-7H2,(H3,11,12,13,14). The van der Waals surface area contributed by atoms with E-state index in [1.54, 1.807) is 12.3 Å². The van der Waals surface area contributed by atoms with Crippen molar-refractivity contribution in [2.45, 2.75) is 18.4 Å². The molecule has 0 saturated carbocycles. The van der Waals surface area contributed by atoms with Gasteiger partial charge in [0.15, 0.2) is 0 Å². The number of nitrogens with two attached hydrogens (primary N) is 1. The quantitative estimate of drug-likeness (QED) is 0.669. The molecule has 6 nitrogen and oxygen atoms in total. The molecule has 0 aromatic carbocycles. The Morgan fingerprint density at radius 3 is 2.88 bits per heavy atom. The molecule has 1 fully saturated rings. The maximum absolute atomic E-state index is 9.47. The second-order valence-corrected chi connectivity index (χ2v) is 3.98. The molecule has 6 heteroatoms. The highest BCUT2D eigenvalue weighted by Gasteiger charge is 2.32. The van der Waals surface area contributed by atoms with Crippen LogP contribution in [0.15, 0.2) is 12.3 Å². The lowest BCUT2D eigenvalue weighted by molar-refractivity contribution is 0.0377. The van der Waals surface area contributed by atoms with Gasteiger partial charge in [-0.1, -0.05) is 0 Å². The predicted octanol–water partition coefficient (Wildman–Crippen LogP) is 0.0122. The van der Waals surface area contributed by atoms with Gasteiger partial charge in [-0.25, -0.2) is 4.98 Å². The Hall–Kier alpha value is -1.40. The maximum atomic E-state index is 9.47. The summed E-state index contributed by atoms with van der Waals surface area (Å²) in [5.41, 5.74) is 5.19. The van der Waals surface area contributed by atoms with Crippen LogP contribution in [0.4, 0.5) is 11.8 Å².